The van der Waals surface area contributed by atoms with Crippen LogP contribution >= 0.6 is 0 Å². The van der Waals surface area contributed by atoms with Crippen LogP contribution in [0.25, 0.3) is 0 Å². The van der Waals surface area contributed by atoms with Gasteiger partial charge in [-0.1, -0.05) is 20.8 Å². The molecule has 0 aromatic carbocycles. The minimum Gasteiger partial charge on any atom is -0.378 e. The molecule has 16 heavy (non-hydrogen) atoms. The third kappa shape index (κ3) is 1.33. The highest BCUT2D eigenvalue weighted by Gasteiger charge is 2.62. The molecule has 0 heterocycles. The summed E-state index contributed by atoms with van der Waals surface area (Å²) in [5, 5.41) is 0. The van der Waals surface area contributed by atoms with Gasteiger partial charge in [-0.15, -0.1) is 0 Å². The summed E-state index contributed by atoms with van der Waals surface area (Å²) in [5.41, 5.74) is 1.43. The van der Waals surface area contributed by atoms with Crippen LogP contribution in [-0.4, -0.2) is 12.7 Å². The molecule has 0 amide bonds. The van der Waals surface area contributed by atoms with Crippen LogP contribution in [-0.2, 0) is 4.74 Å². The lowest BCUT2D eigenvalue weighted by Gasteiger charge is -2.66. The molecule has 92 valence electrons. The molecular weight excluding hydrogens is 196 g/mol. The molecule has 4 atom stereocenters. The molecule has 1 heteroatoms. The second-order valence-corrected chi connectivity index (χ2v) is 7.72. The number of ether oxygens (including phenoxy) is 1. The summed E-state index contributed by atoms with van der Waals surface area (Å²) in [5.74, 6) is 1.77. The summed E-state index contributed by atoms with van der Waals surface area (Å²) in [7, 11) is 1.95. The summed E-state index contributed by atoms with van der Waals surface area (Å²) in [4.78, 5) is 0. The Hall–Kier alpha value is -0.0400. The Kier molecular flexibility index (Phi) is 2.11. The van der Waals surface area contributed by atoms with Crippen molar-refractivity contribution >= 4 is 0 Å². The SMILES string of the molecule is COC12CC3CC(C)(C1)CC(C(C)C)(C3)C2. The van der Waals surface area contributed by atoms with E-state index in [0.29, 0.717) is 10.8 Å². The van der Waals surface area contributed by atoms with Crippen LogP contribution in [0.5, 0.6) is 0 Å². The van der Waals surface area contributed by atoms with Gasteiger partial charge in [-0.05, 0) is 61.2 Å². The van der Waals surface area contributed by atoms with Crippen LogP contribution in [0.3, 0.4) is 0 Å². The molecule has 4 unspecified atom stereocenters. The van der Waals surface area contributed by atoms with E-state index in [1.54, 1.807) is 0 Å². The van der Waals surface area contributed by atoms with Crippen molar-refractivity contribution in [2.24, 2.45) is 22.7 Å². The van der Waals surface area contributed by atoms with Crippen LogP contribution < -0.4 is 0 Å². The number of hydrogen-bond donors (Lipinski definition) is 0. The maximum absolute atomic E-state index is 5.99. The van der Waals surface area contributed by atoms with E-state index in [0.717, 1.165) is 11.8 Å². The highest BCUT2D eigenvalue weighted by Crippen LogP contribution is 2.69. The molecule has 4 fully saturated rings. The Balaban J connectivity index is 2.01. The van der Waals surface area contributed by atoms with Crippen molar-refractivity contribution in [3.8, 4) is 0 Å². The van der Waals surface area contributed by atoms with Crippen LogP contribution in [0.1, 0.15) is 59.3 Å². The third-order valence-corrected chi connectivity index (χ3v) is 6.00. The van der Waals surface area contributed by atoms with E-state index in [2.05, 4.69) is 20.8 Å². The van der Waals surface area contributed by atoms with Crippen molar-refractivity contribution < 1.29 is 4.74 Å². The zero-order valence-corrected chi connectivity index (χ0v) is 11.3. The van der Waals surface area contributed by atoms with Gasteiger partial charge in [-0.25, -0.2) is 0 Å². The van der Waals surface area contributed by atoms with Crippen molar-refractivity contribution in [3.63, 3.8) is 0 Å². The highest BCUT2D eigenvalue weighted by molar-refractivity contribution is 5.13. The van der Waals surface area contributed by atoms with Crippen LogP contribution in [0.4, 0.5) is 0 Å². The minimum absolute atomic E-state index is 0.248. The first kappa shape index (κ1) is 11.1. The molecule has 4 aliphatic rings. The average molecular weight is 222 g/mol. The van der Waals surface area contributed by atoms with Crippen molar-refractivity contribution in [2.75, 3.05) is 7.11 Å². The van der Waals surface area contributed by atoms with E-state index < -0.39 is 0 Å². The number of hydrogen-bond acceptors (Lipinski definition) is 1. The van der Waals surface area contributed by atoms with Crippen molar-refractivity contribution in [1.82, 2.24) is 0 Å². The summed E-state index contributed by atoms with van der Waals surface area (Å²) in [6.07, 6.45) is 8.40. The van der Waals surface area contributed by atoms with Crippen molar-refractivity contribution in [2.45, 2.75) is 64.9 Å². The smallest absolute Gasteiger partial charge is 0.0692 e. The first-order valence-electron chi connectivity index (χ1n) is 6.96. The fourth-order valence-corrected chi connectivity index (χ4v) is 5.78. The minimum atomic E-state index is 0.248. The predicted octanol–water partition coefficient (Wildman–Crippen LogP) is 4.02. The Morgan fingerprint density at radius 3 is 2.38 bits per heavy atom. The molecule has 0 saturated heterocycles. The lowest BCUT2D eigenvalue weighted by molar-refractivity contribution is -0.219. The Labute approximate surface area is 99.9 Å². The molecule has 0 aliphatic heterocycles. The van der Waals surface area contributed by atoms with E-state index in [1.165, 1.54) is 38.5 Å². The van der Waals surface area contributed by atoms with Crippen LogP contribution in [0, 0.1) is 22.7 Å². The highest BCUT2D eigenvalue weighted by atomic mass is 16.5. The second-order valence-electron chi connectivity index (χ2n) is 7.72. The van der Waals surface area contributed by atoms with E-state index in [9.17, 15) is 0 Å². The largest absolute Gasteiger partial charge is 0.378 e. The lowest BCUT2D eigenvalue weighted by atomic mass is 9.41. The number of rotatable bonds is 2. The zero-order chi connectivity index (χ0) is 11.6. The van der Waals surface area contributed by atoms with E-state index in [4.69, 9.17) is 4.74 Å². The Bertz CT molecular complexity index is 311. The van der Waals surface area contributed by atoms with Gasteiger partial charge in [-0.2, -0.15) is 0 Å². The molecule has 1 nitrogen and oxygen atoms in total. The van der Waals surface area contributed by atoms with Gasteiger partial charge in [0.2, 0.25) is 0 Å². The second kappa shape index (κ2) is 3.04. The Morgan fingerprint density at radius 1 is 1.06 bits per heavy atom. The summed E-state index contributed by atoms with van der Waals surface area (Å²) in [6, 6.07) is 0. The summed E-state index contributed by atoms with van der Waals surface area (Å²) < 4.78 is 5.99. The van der Waals surface area contributed by atoms with Crippen LogP contribution in [0.2, 0.25) is 0 Å². The molecule has 0 aromatic rings. The van der Waals surface area contributed by atoms with Crippen LogP contribution in [0.15, 0.2) is 0 Å². The standard InChI is InChI=1S/C15H26O/c1-11(2)14-6-12-5-13(3,8-14)9-15(7-12,10-14)16-4/h11-12H,5-10H2,1-4H3. The lowest BCUT2D eigenvalue weighted by Crippen LogP contribution is -2.61. The van der Waals surface area contributed by atoms with Gasteiger partial charge < -0.3 is 4.74 Å². The van der Waals surface area contributed by atoms with Gasteiger partial charge in [0.05, 0.1) is 5.60 Å². The molecule has 4 rings (SSSR count). The topological polar surface area (TPSA) is 9.23 Å². The quantitative estimate of drug-likeness (QED) is 0.685. The molecule has 4 saturated carbocycles. The van der Waals surface area contributed by atoms with Gasteiger partial charge >= 0.3 is 0 Å². The molecule has 4 bridgehead atoms. The molecule has 0 N–H and O–H groups in total. The van der Waals surface area contributed by atoms with E-state index in [-0.39, 0.29) is 5.60 Å². The van der Waals surface area contributed by atoms with Gasteiger partial charge in [0, 0.05) is 7.11 Å². The molecular formula is C15H26O. The van der Waals surface area contributed by atoms with Gasteiger partial charge in [-0.3, -0.25) is 0 Å². The normalized spacial score (nSPS) is 54.9. The summed E-state index contributed by atoms with van der Waals surface area (Å²) >= 11 is 0. The molecule has 4 aliphatic carbocycles. The first-order valence-corrected chi connectivity index (χ1v) is 6.96. The third-order valence-electron chi connectivity index (χ3n) is 6.00. The molecule has 0 spiro atoms. The van der Waals surface area contributed by atoms with E-state index in [1.807, 2.05) is 7.11 Å². The zero-order valence-electron chi connectivity index (χ0n) is 11.3. The number of methoxy groups -OCH3 is 1. The Morgan fingerprint density at radius 2 is 1.81 bits per heavy atom. The average Bonchev–Trinajstić information content (AvgIpc) is 2.13. The van der Waals surface area contributed by atoms with E-state index >= 15 is 0 Å². The van der Waals surface area contributed by atoms with Crippen molar-refractivity contribution in [3.05, 3.63) is 0 Å². The summed E-state index contributed by atoms with van der Waals surface area (Å²) in [6.45, 7) is 7.38. The van der Waals surface area contributed by atoms with Gasteiger partial charge in [0.1, 0.15) is 0 Å². The predicted molar refractivity (Wildman–Crippen MR) is 66.3 cm³/mol. The monoisotopic (exact) mass is 222 g/mol. The maximum atomic E-state index is 5.99. The van der Waals surface area contributed by atoms with Crippen molar-refractivity contribution in [1.29, 1.82) is 0 Å². The molecule has 0 radical (unpaired) electrons. The molecule has 0 aromatic heterocycles. The first-order chi connectivity index (χ1) is 7.41. The maximum Gasteiger partial charge on any atom is 0.0692 e. The van der Waals surface area contributed by atoms with Gasteiger partial charge in [0.25, 0.3) is 0 Å². The fraction of sp³-hybridized carbons (Fsp3) is 1.00. The van der Waals surface area contributed by atoms with Gasteiger partial charge in [0.15, 0.2) is 0 Å². The fourth-order valence-electron chi connectivity index (χ4n) is 5.78.